The highest BCUT2D eigenvalue weighted by molar-refractivity contribution is 6.31. The molecule has 0 aliphatic carbocycles. The minimum atomic E-state index is -0.422. The van der Waals surface area contributed by atoms with Crippen molar-refractivity contribution in [2.75, 3.05) is 6.54 Å². The lowest BCUT2D eigenvalue weighted by atomic mass is 10.2. The van der Waals surface area contributed by atoms with Crippen LogP contribution in [0.4, 0.5) is 4.39 Å². The van der Waals surface area contributed by atoms with Crippen molar-refractivity contribution < 1.29 is 9.13 Å². The molecule has 0 aliphatic rings. The van der Waals surface area contributed by atoms with Gasteiger partial charge in [-0.3, -0.25) is 0 Å². The fourth-order valence-electron chi connectivity index (χ4n) is 1.87. The van der Waals surface area contributed by atoms with Crippen molar-refractivity contribution in [2.45, 2.75) is 20.1 Å². The van der Waals surface area contributed by atoms with Crippen LogP contribution >= 0.6 is 11.6 Å². The van der Waals surface area contributed by atoms with E-state index in [4.69, 9.17) is 16.3 Å². The molecule has 0 saturated heterocycles. The molecule has 0 saturated carbocycles. The lowest BCUT2D eigenvalue weighted by Crippen LogP contribution is -2.12. The first kappa shape index (κ1) is 14.8. The Kier molecular flexibility index (Phi) is 5.39. The Bertz CT molecular complexity index is 574. The largest absolute Gasteiger partial charge is 0.489 e. The van der Waals surface area contributed by atoms with Gasteiger partial charge in [-0.25, -0.2) is 4.39 Å². The molecule has 0 aromatic heterocycles. The number of benzene rings is 2. The highest BCUT2D eigenvalue weighted by atomic mass is 35.5. The fourth-order valence-corrected chi connectivity index (χ4v) is 2.05. The lowest BCUT2D eigenvalue weighted by Gasteiger charge is -2.12. The minimum absolute atomic E-state index is 0.122. The Labute approximate surface area is 123 Å². The minimum Gasteiger partial charge on any atom is -0.489 e. The molecule has 20 heavy (non-hydrogen) atoms. The fraction of sp³-hybridized carbons (Fsp3) is 0.250. The molecule has 2 nitrogen and oxygen atoms in total. The summed E-state index contributed by atoms with van der Waals surface area (Å²) in [6.45, 7) is 3.93. The van der Waals surface area contributed by atoms with E-state index in [1.807, 2.05) is 24.3 Å². The van der Waals surface area contributed by atoms with E-state index in [1.165, 1.54) is 6.07 Å². The summed E-state index contributed by atoms with van der Waals surface area (Å²) >= 11 is 5.92. The van der Waals surface area contributed by atoms with Crippen LogP contribution in [0.3, 0.4) is 0 Å². The number of nitrogens with one attached hydrogen (secondary N) is 1. The van der Waals surface area contributed by atoms with Gasteiger partial charge in [-0.2, -0.15) is 0 Å². The van der Waals surface area contributed by atoms with Crippen LogP contribution in [-0.2, 0) is 13.2 Å². The van der Waals surface area contributed by atoms with Gasteiger partial charge in [0, 0.05) is 17.7 Å². The maximum absolute atomic E-state index is 13.4. The van der Waals surface area contributed by atoms with Crippen LogP contribution in [0.25, 0.3) is 0 Å². The van der Waals surface area contributed by atoms with Crippen molar-refractivity contribution in [3.63, 3.8) is 0 Å². The van der Waals surface area contributed by atoms with E-state index in [-0.39, 0.29) is 11.6 Å². The highest BCUT2D eigenvalue weighted by Crippen LogP contribution is 2.23. The van der Waals surface area contributed by atoms with Gasteiger partial charge in [-0.05, 0) is 18.7 Å². The van der Waals surface area contributed by atoms with Gasteiger partial charge in [0.05, 0.1) is 5.02 Å². The molecule has 4 heteroatoms. The molecule has 0 unspecified atom stereocenters. The van der Waals surface area contributed by atoms with Gasteiger partial charge in [-0.1, -0.05) is 48.9 Å². The maximum atomic E-state index is 13.4. The van der Waals surface area contributed by atoms with E-state index in [0.717, 1.165) is 24.4 Å². The smallest absolute Gasteiger partial charge is 0.142 e. The molecule has 1 N–H and O–H groups in total. The Morgan fingerprint density at radius 2 is 1.85 bits per heavy atom. The van der Waals surface area contributed by atoms with Crippen molar-refractivity contribution >= 4 is 11.6 Å². The van der Waals surface area contributed by atoms with Crippen LogP contribution in [-0.4, -0.2) is 6.54 Å². The molecule has 2 rings (SSSR count). The summed E-state index contributed by atoms with van der Waals surface area (Å²) in [4.78, 5) is 0. The first-order valence-electron chi connectivity index (χ1n) is 6.56. The first-order valence-corrected chi connectivity index (χ1v) is 6.94. The maximum Gasteiger partial charge on any atom is 0.142 e. The van der Waals surface area contributed by atoms with Gasteiger partial charge in [0.25, 0.3) is 0 Å². The first-order chi connectivity index (χ1) is 9.72. The zero-order chi connectivity index (χ0) is 14.4. The van der Waals surface area contributed by atoms with E-state index in [2.05, 4.69) is 12.2 Å². The van der Waals surface area contributed by atoms with Crippen LogP contribution < -0.4 is 10.1 Å². The van der Waals surface area contributed by atoms with Crippen LogP contribution in [0.15, 0.2) is 42.5 Å². The molecule has 0 heterocycles. The SMILES string of the molecule is CCNCc1ccccc1OCc1cccc(F)c1Cl. The second kappa shape index (κ2) is 7.27. The van der Waals surface area contributed by atoms with Gasteiger partial charge in [-0.15, -0.1) is 0 Å². The third kappa shape index (κ3) is 3.71. The summed E-state index contributed by atoms with van der Waals surface area (Å²) < 4.78 is 19.1. The van der Waals surface area contributed by atoms with Gasteiger partial charge >= 0.3 is 0 Å². The van der Waals surface area contributed by atoms with E-state index < -0.39 is 5.82 Å². The van der Waals surface area contributed by atoms with Crippen LogP contribution in [0, 0.1) is 5.82 Å². The molecule has 0 bridgehead atoms. The Hall–Kier alpha value is -1.58. The molecule has 0 radical (unpaired) electrons. The van der Waals surface area contributed by atoms with E-state index in [9.17, 15) is 4.39 Å². The molecular weight excluding hydrogens is 277 g/mol. The number of halogens is 2. The highest BCUT2D eigenvalue weighted by Gasteiger charge is 2.08. The summed E-state index contributed by atoms with van der Waals surface area (Å²) in [6.07, 6.45) is 0. The summed E-state index contributed by atoms with van der Waals surface area (Å²) in [5.41, 5.74) is 1.71. The zero-order valence-corrected chi connectivity index (χ0v) is 12.1. The van der Waals surface area contributed by atoms with Crippen molar-refractivity contribution in [1.29, 1.82) is 0 Å². The van der Waals surface area contributed by atoms with Gasteiger partial charge in [0.2, 0.25) is 0 Å². The van der Waals surface area contributed by atoms with E-state index in [1.54, 1.807) is 12.1 Å². The summed E-state index contributed by atoms with van der Waals surface area (Å²) in [5.74, 6) is 0.363. The van der Waals surface area contributed by atoms with Gasteiger partial charge in [0.15, 0.2) is 0 Å². The molecule has 0 aliphatic heterocycles. The monoisotopic (exact) mass is 293 g/mol. The summed E-state index contributed by atoms with van der Waals surface area (Å²) in [5, 5.41) is 3.38. The number of para-hydroxylation sites is 1. The Balaban J connectivity index is 2.09. The quantitative estimate of drug-likeness (QED) is 0.863. The van der Waals surface area contributed by atoms with Crippen LogP contribution in [0.5, 0.6) is 5.75 Å². The Morgan fingerprint density at radius 3 is 2.65 bits per heavy atom. The lowest BCUT2D eigenvalue weighted by molar-refractivity contribution is 0.301. The predicted octanol–water partition coefficient (Wildman–Crippen LogP) is 4.17. The van der Waals surface area contributed by atoms with Gasteiger partial charge in [0.1, 0.15) is 18.2 Å². The Morgan fingerprint density at radius 1 is 1.10 bits per heavy atom. The average Bonchev–Trinajstić information content (AvgIpc) is 2.47. The molecule has 106 valence electrons. The topological polar surface area (TPSA) is 21.3 Å². The molecule has 2 aromatic rings. The standard InChI is InChI=1S/C16H17ClFNO/c1-2-19-10-12-6-3-4-9-15(12)20-11-13-7-5-8-14(18)16(13)17/h3-9,19H,2,10-11H2,1H3. The molecule has 2 aromatic carbocycles. The number of hydrogen-bond donors (Lipinski definition) is 1. The number of rotatable bonds is 6. The summed E-state index contributed by atoms with van der Waals surface area (Å²) in [6, 6.07) is 12.5. The predicted molar refractivity (Wildman–Crippen MR) is 79.6 cm³/mol. The van der Waals surface area contributed by atoms with Crippen molar-refractivity contribution in [3.05, 3.63) is 64.4 Å². The van der Waals surface area contributed by atoms with Crippen molar-refractivity contribution in [1.82, 2.24) is 5.32 Å². The zero-order valence-electron chi connectivity index (χ0n) is 11.3. The third-order valence-corrected chi connectivity index (χ3v) is 3.38. The number of ether oxygens (including phenoxy) is 1. The molecule has 0 amide bonds. The van der Waals surface area contributed by atoms with Crippen molar-refractivity contribution in [3.8, 4) is 5.75 Å². The normalized spacial score (nSPS) is 10.6. The molecule has 0 fully saturated rings. The van der Waals surface area contributed by atoms with E-state index in [0.29, 0.717) is 5.56 Å². The molecular formula is C16H17ClFNO. The second-order valence-corrected chi connectivity index (χ2v) is 4.77. The van der Waals surface area contributed by atoms with Crippen molar-refractivity contribution in [2.24, 2.45) is 0 Å². The van der Waals surface area contributed by atoms with E-state index >= 15 is 0 Å². The second-order valence-electron chi connectivity index (χ2n) is 4.39. The van der Waals surface area contributed by atoms with Crippen LogP contribution in [0.2, 0.25) is 5.02 Å². The van der Waals surface area contributed by atoms with Crippen LogP contribution in [0.1, 0.15) is 18.1 Å². The third-order valence-electron chi connectivity index (χ3n) is 2.95. The van der Waals surface area contributed by atoms with Gasteiger partial charge < -0.3 is 10.1 Å². The molecule has 0 atom stereocenters. The molecule has 0 spiro atoms. The average molecular weight is 294 g/mol. The summed E-state index contributed by atoms with van der Waals surface area (Å²) in [7, 11) is 0. The number of hydrogen-bond acceptors (Lipinski definition) is 2.